The van der Waals surface area contributed by atoms with Crippen molar-refractivity contribution in [3.8, 4) is 0 Å². The van der Waals surface area contributed by atoms with Crippen LogP contribution in [0.3, 0.4) is 0 Å². The Labute approximate surface area is 94.3 Å². The second kappa shape index (κ2) is 6.50. The van der Waals surface area contributed by atoms with Gasteiger partial charge in [0.15, 0.2) is 0 Å². The van der Waals surface area contributed by atoms with Crippen molar-refractivity contribution >= 4 is 17.5 Å². The Morgan fingerprint density at radius 2 is 1.62 bits per heavy atom. The zero-order valence-corrected chi connectivity index (χ0v) is 9.33. The first kappa shape index (κ1) is 12.1. The highest BCUT2D eigenvalue weighted by Crippen LogP contribution is 2.04. The van der Waals surface area contributed by atoms with Crippen LogP contribution in [-0.2, 0) is 9.53 Å². The third-order valence-electron chi connectivity index (χ3n) is 1.70. The summed E-state index contributed by atoms with van der Waals surface area (Å²) in [6.07, 6.45) is 3.57. The molecule has 0 radical (unpaired) electrons. The number of fused-ring (bicyclic) bond motifs is 1. The molecule has 0 spiro atoms. The van der Waals surface area contributed by atoms with E-state index in [2.05, 4.69) is 14.7 Å². The summed E-state index contributed by atoms with van der Waals surface area (Å²) in [6, 6.07) is 7.66. The summed E-state index contributed by atoms with van der Waals surface area (Å²) in [5.41, 5.74) is 1.90. The molecular weight excluding hydrogens is 204 g/mol. The SMILES string of the molecule is CC(C)OC=O.c1cnc2cccnc2c1. The Bertz CT molecular complexity index is 378. The van der Waals surface area contributed by atoms with Crippen molar-refractivity contribution in [3.63, 3.8) is 0 Å². The first-order valence-corrected chi connectivity index (χ1v) is 4.99. The number of nitrogens with zero attached hydrogens (tertiary/aromatic N) is 2. The molecule has 0 amide bonds. The number of aromatic nitrogens is 2. The van der Waals surface area contributed by atoms with Crippen LogP contribution in [0.5, 0.6) is 0 Å². The Kier molecular flexibility index (Phi) is 4.92. The fraction of sp³-hybridized carbons (Fsp3) is 0.250. The van der Waals surface area contributed by atoms with Gasteiger partial charge in [-0.25, -0.2) is 0 Å². The Morgan fingerprint density at radius 1 is 1.12 bits per heavy atom. The van der Waals surface area contributed by atoms with E-state index in [0.29, 0.717) is 6.47 Å². The average Bonchev–Trinajstić information content (AvgIpc) is 2.30. The highest BCUT2D eigenvalue weighted by atomic mass is 16.5. The minimum atomic E-state index is 0.0301. The zero-order chi connectivity index (χ0) is 11.8. The highest BCUT2D eigenvalue weighted by Gasteiger charge is 1.88. The van der Waals surface area contributed by atoms with Crippen molar-refractivity contribution in [1.82, 2.24) is 9.97 Å². The van der Waals surface area contributed by atoms with Crippen molar-refractivity contribution in [1.29, 1.82) is 0 Å². The Morgan fingerprint density at radius 3 is 1.94 bits per heavy atom. The molecule has 4 nitrogen and oxygen atoms in total. The second-order valence-corrected chi connectivity index (χ2v) is 3.33. The minimum Gasteiger partial charge on any atom is -0.465 e. The van der Waals surface area contributed by atoms with Gasteiger partial charge in [0.05, 0.1) is 17.1 Å². The number of ether oxygens (including phenoxy) is 1. The first-order chi connectivity index (χ1) is 7.74. The molecule has 0 bridgehead atoms. The maximum Gasteiger partial charge on any atom is 0.293 e. The lowest BCUT2D eigenvalue weighted by Gasteiger charge is -1.96. The van der Waals surface area contributed by atoms with Crippen LogP contribution in [0.1, 0.15) is 13.8 Å². The zero-order valence-electron chi connectivity index (χ0n) is 9.33. The van der Waals surface area contributed by atoms with Gasteiger partial charge in [0.1, 0.15) is 0 Å². The van der Waals surface area contributed by atoms with E-state index in [1.165, 1.54) is 0 Å². The number of rotatable bonds is 2. The molecule has 0 unspecified atom stereocenters. The van der Waals surface area contributed by atoms with E-state index < -0.39 is 0 Å². The van der Waals surface area contributed by atoms with Crippen LogP contribution < -0.4 is 0 Å². The van der Waals surface area contributed by atoms with E-state index in [-0.39, 0.29) is 6.10 Å². The molecule has 0 N–H and O–H groups in total. The van der Waals surface area contributed by atoms with Gasteiger partial charge in [-0.2, -0.15) is 0 Å². The summed E-state index contributed by atoms with van der Waals surface area (Å²) < 4.78 is 4.36. The average molecular weight is 218 g/mol. The summed E-state index contributed by atoms with van der Waals surface area (Å²) in [4.78, 5) is 17.6. The molecule has 0 fully saturated rings. The summed E-state index contributed by atoms with van der Waals surface area (Å²) >= 11 is 0. The van der Waals surface area contributed by atoms with Gasteiger partial charge in [0, 0.05) is 12.4 Å². The maximum atomic E-state index is 9.39. The molecule has 0 saturated carbocycles. The number of carbonyl (C=O) groups excluding carboxylic acids is 1. The van der Waals surface area contributed by atoms with Crippen LogP contribution in [0.4, 0.5) is 0 Å². The molecule has 0 aliphatic carbocycles. The molecule has 16 heavy (non-hydrogen) atoms. The van der Waals surface area contributed by atoms with Gasteiger partial charge in [-0.05, 0) is 38.1 Å². The normalized spacial score (nSPS) is 9.44. The maximum absolute atomic E-state index is 9.39. The topological polar surface area (TPSA) is 52.1 Å². The van der Waals surface area contributed by atoms with Gasteiger partial charge in [-0.1, -0.05) is 0 Å². The van der Waals surface area contributed by atoms with Crippen LogP contribution >= 0.6 is 0 Å². The van der Waals surface area contributed by atoms with E-state index in [0.717, 1.165) is 11.0 Å². The van der Waals surface area contributed by atoms with Crippen molar-refractivity contribution in [3.05, 3.63) is 36.7 Å². The summed E-state index contributed by atoms with van der Waals surface area (Å²) in [5, 5.41) is 0. The minimum absolute atomic E-state index is 0.0301. The molecule has 4 heteroatoms. The van der Waals surface area contributed by atoms with Crippen LogP contribution in [0.15, 0.2) is 36.7 Å². The molecule has 2 aromatic heterocycles. The van der Waals surface area contributed by atoms with E-state index >= 15 is 0 Å². The second-order valence-electron chi connectivity index (χ2n) is 3.33. The smallest absolute Gasteiger partial charge is 0.293 e. The van der Waals surface area contributed by atoms with E-state index in [1.807, 2.05) is 24.3 Å². The largest absolute Gasteiger partial charge is 0.465 e. The standard InChI is InChI=1S/C8H6N2.C4H8O2/c1-3-7-8(9-5-1)4-2-6-10-7;1-4(2)6-3-5/h1-6H;3-4H,1-2H3. The van der Waals surface area contributed by atoms with Gasteiger partial charge in [0.2, 0.25) is 0 Å². The molecule has 0 aliphatic heterocycles. The molecule has 84 valence electrons. The highest BCUT2D eigenvalue weighted by molar-refractivity contribution is 5.72. The van der Waals surface area contributed by atoms with Gasteiger partial charge in [0.25, 0.3) is 6.47 Å². The van der Waals surface area contributed by atoms with Crippen LogP contribution in [0, 0.1) is 0 Å². The lowest BCUT2D eigenvalue weighted by molar-refractivity contribution is -0.131. The van der Waals surface area contributed by atoms with Crippen LogP contribution in [0.25, 0.3) is 11.0 Å². The number of pyridine rings is 2. The predicted molar refractivity (Wildman–Crippen MR) is 61.8 cm³/mol. The quantitative estimate of drug-likeness (QED) is 0.725. The lowest BCUT2D eigenvalue weighted by Crippen LogP contribution is -1.98. The van der Waals surface area contributed by atoms with Crippen molar-refractivity contribution in [2.75, 3.05) is 0 Å². The van der Waals surface area contributed by atoms with Gasteiger partial charge >= 0.3 is 0 Å². The van der Waals surface area contributed by atoms with Crippen molar-refractivity contribution in [2.45, 2.75) is 20.0 Å². The third-order valence-corrected chi connectivity index (χ3v) is 1.70. The summed E-state index contributed by atoms with van der Waals surface area (Å²) in [6.45, 7) is 4.05. The summed E-state index contributed by atoms with van der Waals surface area (Å²) in [7, 11) is 0. The molecular formula is C12H14N2O2. The van der Waals surface area contributed by atoms with E-state index in [1.54, 1.807) is 26.2 Å². The molecule has 0 aliphatic rings. The molecule has 2 heterocycles. The third kappa shape index (κ3) is 4.04. The molecule has 0 saturated heterocycles. The molecule has 0 aromatic carbocycles. The monoisotopic (exact) mass is 218 g/mol. The molecule has 2 aromatic rings. The lowest BCUT2D eigenvalue weighted by atomic mass is 10.3. The van der Waals surface area contributed by atoms with Crippen molar-refractivity contribution in [2.24, 2.45) is 0 Å². The number of hydrogen-bond acceptors (Lipinski definition) is 4. The van der Waals surface area contributed by atoms with E-state index in [9.17, 15) is 4.79 Å². The van der Waals surface area contributed by atoms with E-state index in [4.69, 9.17) is 0 Å². The summed E-state index contributed by atoms with van der Waals surface area (Å²) in [5.74, 6) is 0. The van der Waals surface area contributed by atoms with Crippen LogP contribution in [0.2, 0.25) is 0 Å². The fourth-order valence-electron chi connectivity index (χ4n) is 1.02. The van der Waals surface area contributed by atoms with Crippen LogP contribution in [-0.4, -0.2) is 22.5 Å². The van der Waals surface area contributed by atoms with Crippen molar-refractivity contribution < 1.29 is 9.53 Å². The van der Waals surface area contributed by atoms with Gasteiger partial charge < -0.3 is 4.74 Å². The van der Waals surface area contributed by atoms with Gasteiger partial charge in [-0.3, -0.25) is 14.8 Å². The predicted octanol–water partition coefficient (Wildman–Crippen LogP) is 2.20. The first-order valence-electron chi connectivity index (χ1n) is 4.99. The number of carbonyl (C=O) groups is 1. The molecule has 2 rings (SSSR count). The van der Waals surface area contributed by atoms with Gasteiger partial charge in [-0.15, -0.1) is 0 Å². The number of hydrogen-bond donors (Lipinski definition) is 0. The Hall–Kier alpha value is -1.97. The Balaban J connectivity index is 0.000000187. The molecule has 0 atom stereocenters. The fourth-order valence-corrected chi connectivity index (χ4v) is 1.02.